The predicted molar refractivity (Wildman–Crippen MR) is 159 cm³/mol. The molecule has 0 aliphatic carbocycles. The van der Waals surface area contributed by atoms with Gasteiger partial charge in [-0.3, -0.25) is 9.69 Å². The fourth-order valence-electron chi connectivity index (χ4n) is 3.93. The summed E-state index contributed by atoms with van der Waals surface area (Å²) in [4.78, 5) is 28.1. The molecule has 1 aliphatic heterocycles. The molecule has 0 spiro atoms. The Labute approximate surface area is 246 Å². The molecule has 0 radical (unpaired) electrons. The Kier molecular flexibility index (Phi) is 10.1. The van der Waals surface area contributed by atoms with Crippen LogP contribution < -0.4 is 9.47 Å². The van der Waals surface area contributed by atoms with Crippen LogP contribution in [0.5, 0.6) is 11.5 Å². The average molecular weight is 599 g/mol. The van der Waals surface area contributed by atoms with Crippen LogP contribution in [0.4, 0.5) is 8.78 Å². The van der Waals surface area contributed by atoms with Gasteiger partial charge in [-0.1, -0.05) is 36.1 Å². The highest BCUT2D eigenvalue weighted by Gasteiger charge is 2.32. The number of carbonyl (C=O) groups is 2. The number of amides is 1. The highest BCUT2D eigenvalue weighted by Crippen LogP contribution is 2.36. The lowest BCUT2D eigenvalue weighted by molar-refractivity contribution is -0.122. The molecular formula is C30H28F2N2O5S2. The first-order valence-corrected chi connectivity index (χ1v) is 13.9. The van der Waals surface area contributed by atoms with Crippen molar-refractivity contribution in [1.29, 1.82) is 0 Å². The molecule has 214 valence electrons. The van der Waals surface area contributed by atoms with Gasteiger partial charge in [0.05, 0.1) is 17.1 Å². The van der Waals surface area contributed by atoms with Crippen molar-refractivity contribution in [2.24, 2.45) is 0 Å². The van der Waals surface area contributed by atoms with E-state index in [1.807, 2.05) is 19.0 Å². The summed E-state index contributed by atoms with van der Waals surface area (Å²) < 4.78 is 39.5. The molecule has 0 saturated carbocycles. The van der Waals surface area contributed by atoms with E-state index in [4.69, 9.17) is 26.8 Å². The fraction of sp³-hybridized carbons (Fsp3) is 0.233. The van der Waals surface area contributed by atoms with E-state index in [0.717, 1.165) is 12.1 Å². The van der Waals surface area contributed by atoms with Crippen LogP contribution in [0.15, 0.2) is 65.6 Å². The molecule has 1 N–H and O–H groups in total. The second kappa shape index (κ2) is 13.7. The maximum Gasteiger partial charge on any atom is 0.335 e. The Morgan fingerprint density at radius 2 is 1.71 bits per heavy atom. The van der Waals surface area contributed by atoms with Gasteiger partial charge in [0.15, 0.2) is 11.6 Å². The molecule has 0 aromatic heterocycles. The van der Waals surface area contributed by atoms with Gasteiger partial charge in [-0.15, -0.1) is 0 Å². The van der Waals surface area contributed by atoms with Crippen molar-refractivity contribution in [2.75, 3.05) is 40.4 Å². The zero-order valence-electron chi connectivity index (χ0n) is 22.4. The van der Waals surface area contributed by atoms with Crippen molar-refractivity contribution >= 4 is 46.3 Å². The minimum atomic E-state index is -1.01. The molecule has 7 nitrogen and oxygen atoms in total. The van der Waals surface area contributed by atoms with E-state index in [0.29, 0.717) is 70.1 Å². The second-order valence-corrected chi connectivity index (χ2v) is 11.1. The summed E-state index contributed by atoms with van der Waals surface area (Å²) in [7, 11) is 3.86. The Bertz CT molecular complexity index is 1480. The number of benzene rings is 3. The summed E-state index contributed by atoms with van der Waals surface area (Å²) in [6.07, 6.45) is 2.21. The van der Waals surface area contributed by atoms with Gasteiger partial charge in [0, 0.05) is 18.7 Å². The van der Waals surface area contributed by atoms with Crippen LogP contribution in [-0.4, -0.2) is 71.5 Å². The van der Waals surface area contributed by atoms with Gasteiger partial charge < -0.3 is 19.5 Å². The molecule has 3 aromatic carbocycles. The van der Waals surface area contributed by atoms with Crippen LogP contribution in [0.25, 0.3) is 17.2 Å². The quantitative estimate of drug-likeness (QED) is 0.156. The SMILES string of the molecule is CN(C)CCOc1ccc(-c2ccc(F)c(F)c2)cc1C=C1SC(=S)N(CCCOc2ccc(C(=O)O)cc2)C1=O. The first kappa shape index (κ1) is 30.2. The third-order valence-electron chi connectivity index (χ3n) is 6.12. The number of thiocarbonyl (C=S) groups is 1. The number of hydrogen-bond acceptors (Lipinski definition) is 7. The van der Waals surface area contributed by atoms with Gasteiger partial charge >= 0.3 is 5.97 Å². The van der Waals surface area contributed by atoms with E-state index in [2.05, 4.69) is 0 Å². The number of aromatic carboxylic acids is 1. The molecular weight excluding hydrogens is 570 g/mol. The molecule has 41 heavy (non-hydrogen) atoms. The number of nitrogens with zero attached hydrogens (tertiary/aromatic N) is 2. The Balaban J connectivity index is 1.47. The molecule has 1 amide bonds. The van der Waals surface area contributed by atoms with E-state index >= 15 is 0 Å². The van der Waals surface area contributed by atoms with E-state index in [1.54, 1.807) is 36.4 Å². The molecule has 0 unspecified atom stereocenters. The van der Waals surface area contributed by atoms with Gasteiger partial charge in [-0.2, -0.15) is 0 Å². The molecule has 1 fully saturated rings. The van der Waals surface area contributed by atoms with Crippen LogP contribution >= 0.6 is 24.0 Å². The van der Waals surface area contributed by atoms with Crippen molar-refractivity contribution in [1.82, 2.24) is 9.80 Å². The summed E-state index contributed by atoms with van der Waals surface area (Å²) in [5, 5.41) is 9.00. The van der Waals surface area contributed by atoms with Crippen molar-refractivity contribution in [3.05, 3.63) is 88.3 Å². The zero-order valence-corrected chi connectivity index (χ0v) is 24.1. The normalized spacial score (nSPS) is 14.3. The summed E-state index contributed by atoms with van der Waals surface area (Å²) in [5.41, 5.74) is 1.91. The summed E-state index contributed by atoms with van der Waals surface area (Å²) in [6, 6.07) is 15.1. The van der Waals surface area contributed by atoms with E-state index in [-0.39, 0.29) is 11.5 Å². The summed E-state index contributed by atoms with van der Waals surface area (Å²) in [5.74, 6) is -2.06. The Morgan fingerprint density at radius 1 is 1.00 bits per heavy atom. The number of ether oxygens (including phenoxy) is 2. The van der Waals surface area contributed by atoms with Crippen molar-refractivity contribution < 1.29 is 33.0 Å². The van der Waals surface area contributed by atoms with Crippen LogP contribution in [0, 0.1) is 11.6 Å². The van der Waals surface area contributed by atoms with Gasteiger partial charge in [-0.05, 0) is 86.3 Å². The van der Waals surface area contributed by atoms with Crippen LogP contribution in [0.3, 0.4) is 0 Å². The maximum atomic E-state index is 13.9. The van der Waals surface area contributed by atoms with Crippen LogP contribution in [0.2, 0.25) is 0 Å². The number of halogens is 2. The lowest BCUT2D eigenvalue weighted by Gasteiger charge is -2.15. The standard InChI is InChI=1S/C30H28F2N2O5S2/c1-33(2)13-15-39-26-11-7-20(21-6-10-24(31)25(32)17-21)16-22(26)18-27-28(35)34(30(40)41-27)12-3-14-38-23-8-4-19(5-9-23)29(36)37/h4-11,16-18H,3,12-15H2,1-2H3,(H,36,37). The minimum absolute atomic E-state index is 0.170. The number of thioether (sulfide) groups is 1. The van der Waals surface area contributed by atoms with E-state index in [1.165, 1.54) is 34.9 Å². The van der Waals surface area contributed by atoms with Gasteiger partial charge in [0.25, 0.3) is 5.91 Å². The first-order chi connectivity index (χ1) is 19.6. The first-order valence-electron chi connectivity index (χ1n) is 12.7. The topological polar surface area (TPSA) is 79.3 Å². The average Bonchev–Trinajstić information content (AvgIpc) is 3.20. The monoisotopic (exact) mass is 598 g/mol. The molecule has 1 heterocycles. The Hall–Kier alpha value is -3.80. The van der Waals surface area contributed by atoms with Crippen molar-refractivity contribution in [2.45, 2.75) is 6.42 Å². The second-order valence-electron chi connectivity index (χ2n) is 9.40. The number of carboxylic acid groups (broad SMARTS) is 1. The smallest absolute Gasteiger partial charge is 0.335 e. The third kappa shape index (κ3) is 7.90. The van der Waals surface area contributed by atoms with Crippen LogP contribution in [-0.2, 0) is 4.79 Å². The minimum Gasteiger partial charge on any atom is -0.494 e. The molecule has 0 bridgehead atoms. The zero-order chi connectivity index (χ0) is 29.5. The third-order valence-corrected chi connectivity index (χ3v) is 7.49. The molecule has 3 aromatic rings. The lowest BCUT2D eigenvalue weighted by atomic mass is 10.0. The van der Waals surface area contributed by atoms with E-state index in [9.17, 15) is 18.4 Å². The number of hydrogen-bond donors (Lipinski definition) is 1. The van der Waals surface area contributed by atoms with Gasteiger partial charge in [-0.25, -0.2) is 13.6 Å². The number of carboxylic acids is 1. The van der Waals surface area contributed by atoms with Gasteiger partial charge in [0.2, 0.25) is 0 Å². The van der Waals surface area contributed by atoms with E-state index < -0.39 is 17.6 Å². The lowest BCUT2D eigenvalue weighted by Crippen LogP contribution is -2.29. The molecule has 1 aliphatic rings. The summed E-state index contributed by atoms with van der Waals surface area (Å²) >= 11 is 6.65. The maximum absolute atomic E-state index is 13.9. The number of likely N-dealkylation sites (N-methyl/N-ethyl adjacent to an activating group) is 1. The molecule has 11 heteroatoms. The molecule has 0 atom stereocenters. The van der Waals surface area contributed by atoms with Crippen molar-refractivity contribution in [3.8, 4) is 22.6 Å². The number of carbonyl (C=O) groups excluding carboxylic acids is 1. The largest absolute Gasteiger partial charge is 0.494 e. The highest BCUT2D eigenvalue weighted by molar-refractivity contribution is 8.26. The highest BCUT2D eigenvalue weighted by atomic mass is 32.2. The van der Waals surface area contributed by atoms with Gasteiger partial charge in [0.1, 0.15) is 22.4 Å². The molecule has 4 rings (SSSR count). The Morgan fingerprint density at radius 3 is 2.39 bits per heavy atom. The predicted octanol–water partition coefficient (Wildman–Crippen LogP) is 5.94. The number of rotatable bonds is 12. The van der Waals surface area contributed by atoms with Crippen LogP contribution in [0.1, 0.15) is 22.3 Å². The fourth-order valence-corrected chi connectivity index (χ4v) is 5.23. The summed E-state index contributed by atoms with van der Waals surface area (Å²) in [6.45, 7) is 1.75. The molecule has 1 saturated heterocycles. The van der Waals surface area contributed by atoms with Crippen molar-refractivity contribution in [3.63, 3.8) is 0 Å².